The van der Waals surface area contributed by atoms with E-state index >= 15 is 0 Å². The van der Waals surface area contributed by atoms with Crippen LogP contribution in [-0.2, 0) is 11.3 Å². The largest absolute Gasteiger partial charge is 0.302 e. The molecule has 29 heavy (non-hydrogen) atoms. The quantitative estimate of drug-likeness (QED) is 0.536. The molecule has 1 atom stereocenters. The molecule has 0 N–H and O–H groups in total. The van der Waals surface area contributed by atoms with Crippen LogP contribution in [0.5, 0.6) is 0 Å². The van der Waals surface area contributed by atoms with Crippen LogP contribution in [0.1, 0.15) is 17.2 Å². The molecule has 1 unspecified atom stereocenters. The summed E-state index contributed by atoms with van der Waals surface area (Å²) in [5.74, 6) is 0. The fraction of sp³-hybridized carbons (Fsp3) is 0.240. The highest BCUT2D eigenvalue weighted by atomic mass is 35.5. The van der Waals surface area contributed by atoms with Crippen LogP contribution in [0.25, 0.3) is 11.1 Å². The number of aldehydes is 1. The third kappa shape index (κ3) is 4.76. The van der Waals surface area contributed by atoms with Crippen molar-refractivity contribution in [3.63, 3.8) is 0 Å². The van der Waals surface area contributed by atoms with Crippen molar-refractivity contribution in [2.45, 2.75) is 12.6 Å². The van der Waals surface area contributed by atoms with Crippen LogP contribution in [0.3, 0.4) is 0 Å². The van der Waals surface area contributed by atoms with Crippen LogP contribution in [0.4, 0.5) is 0 Å². The number of carbonyl (C=O) groups excluding carboxylic acids is 1. The van der Waals surface area contributed by atoms with E-state index in [0.29, 0.717) is 6.54 Å². The van der Waals surface area contributed by atoms with E-state index in [9.17, 15) is 4.79 Å². The number of hydrogen-bond donors (Lipinski definition) is 0. The van der Waals surface area contributed by atoms with Crippen molar-refractivity contribution in [1.82, 2.24) is 9.80 Å². The maximum atomic E-state index is 11.1. The second-order valence-corrected chi connectivity index (χ2v) is 7.91. The Morgan fingerprint density at radius 1 is 0.897 bits per heavy atom. The monoisotopic (exact) mass is 404 g/mol. The minimum absolute atomic E-state index is 0.248. The molecule has 3 aromatic carbocycles. The smallest absolute Gasteiger partial charge is 0.134 e. The molecule has 4 rings (SSSR count). The van der Waals surface area contributed by atoms with Crippen molar-refractivity contribution >= 4 is 17.9 Å². The summed E-state index contributed by atoms with van der Waals surface area (Å²) in [7, 11) is 0. The highest BCUT2D eigenvalue weighted by molar-refractivity contribution is 6.33. The molecule has 1 saturated heterocycles. The highest BCUT2D eigenvalue weighted by Gasteiger charge is 2.27. The van der Waals surface area contributed by atoms with Crippen molar-refractivity contribution < 1.29 is 4.79 Å². The Bertz CT molecular complexity index is 943. The number of nitrogens with zero attached hydrogens (tertiary/aromatic N) is 2. The number of halogens is 1. The van der Waals surface area contributed by atoms with E-state index in [4.69, 9.17) is 11.6 Å². The second-order valence-electron chi connectivity index (χ2n) is 7.50. The van der Waals surface area contributed by atoms with Crippen LogP contribution < -0.4 is 0 Å². The molecule has 1 aliphatic rings. The molecule has 0 bridgehead atoms. The van der Waals surface area contributed by atoms with E-state index in [0.717, 1.165) is 48.6 Å². The molecular formula is C25H25ClN2O. The zero-order chi connectivity index (χ0) is 20.1. The Kier molecular flexibility index (Phi) is 6.40. The lowest BCUT2D eigenvalue weighted by molar-refractivity contribution is -0.110. The van der Waals surface area contributed by atoms with Gasteiger partial charge in [-0.25, -0.2) is 0 Å². The Morgan fingerprint density at radius 2 is 1.62 bits per heavy atom. The molecule has 0 spiro atoms. The molecule has 3 nitrogen and oxygen atoms in total. The lowest BCUT2D eigenvalue weighted by Gasteiger charge is -2.41. The van der Waals surface area contributed by atoms with Gasteiger partial charge in [0, 0.05) is 42.8 Å². The minimum Gasteiger partial charge on any atom is -0.302 e. The normalized spacial score (nSPS) is 17.9. The molecule has 3 aromatic rings. The Labute approximate surface area is 177 Å². The van der Waals surface area contributed by atoms with Crippen molar-refractivity contribution in [2.75, 3.05) is 26.2 Å². The van der Waals surface area contributed by atoms with Gasteiger partial charge in [-0.2, -0.15) is 0 Å². The van der Waals surface area contributed by atoms with Gasteiger partial charge in [0.1, 0.15) is 6.29 Å². The van der Waals surface area contributed by atoms with Crippen LogP contribution in [0.2, 0.25) is 5.02 Å². The molecule has 1 heterocycles. The SMILES string of the molecule is O=CCN1CCN(Cc2ccc(-c3ccccc3Cl)cc2)CC1c1ccccc1. The third-order valence-electron chi connectivity index (χ3n) is 5.61. The highest BCUT2D eigenvalue weighted by Crippen LogP contribution is 2.29. The first-order valence-corrected chi connectivity index (χ1v) is 10.4. The van der Waals surface area contributed by atoms with Gasteiger partial charge >= 0.3 is 0 Å². The molecule has 0 amide bonds. The lowest BCUT2D eigenvalue weighted by atomic mass is 10.0. The van der Waals surface area contributed by atoms with Gasteiger partial charge in [0.05, 0.1) is 6.54 Å². The third-order valence-corrected chi connectivity index (χ3v) is 5.94. The number of hydrogen-bond acceptors (Lipinski definition) is 3. The molecular weight excluding hydrogens is 380 g/mol. The second kappa shape index (κ2) is 9.36. The summed E-state index contributed by atoms with van der Waals surface area (Å²) in [5, 5.41) is 0.775. The van der Waals surface area contributed by atoms with Gasteiger partial charge in [-0.15, -0.1) is 0 Å². The topological polar surface area (TPSA) is 23.6 Å². The zero-order valence-corrected chi connectivity index (χ0v) is 17.1. The predicted octanol–water partition coefficient (Wildman–Crippen LogP) is 5.06. The molecule has 0 radical (unpaired) electrons. The minimum atomic E-state index is 0.248. The van der Waals surface area contributed by atoms with Crippen molar-refractivity contribution in [1.29, 1.82) is 0 Å². The fourth-order valence-corrected chi connectivity index (χ4v) is 4.31. The summed E-state index contributed by atoms with van der Waals surface area (Å²) in [6.45, 7) is 4.17. The van der Waals surface area contributed by atoms with Gasteiger partial charge in [0.15, 0.2) is 0 Å². The first-order valence-electron chi connectivity index (χ1n) is 10.0. The van der Waals surface area contributed by atoms with Gasteiger partial charge < -0.3 is 4.79 Å². The first kappa shape index (κ1) is 19.8. The number of carbonyl (C=O) groups is 1. The summed E-state index contributed by atoms with van der Waals surface area (Å²) in [4.78, 5) is 15.9. The van der Waals surface area contributed by atoms with Gasteiger partial charge in [-0.05, 0) is 22.8 Å². The summed E-state index contributed by atoms with van der Waals surface area (Å²) in [5.41, 5.74) is 4.76. The summed E-state index contributed by atoms with van der Waals surface area (Å²) in [6, 6.07) is 27.3. The van der Waals surface area contributed by atoms with E-state index in [1.807, 2.05) is 30.3 Å². The molecule has 0 aliphatic carbocycles. The van der Waals surface area contributed by atoms with E-state index in [-0.39, 0.29) is 6.04 Å². The maximum Gasteiger partial charge on any atom is 0.134 e. The lowest BCUT2D eigenvalue weighted by Crippen LogP contribution is -2.48. The predicted molar refractivity (Wildman–Crippen MR) is 119 cm³/mol. The van der Waals surface area contributed by atoms with Crippen LogP contribution in [0, 0.1) is 0 Å². The number of benzene rings is 3. The average Bonchev–Trinajstić information content (AvgIpc) is 2.77. The van der Waals surface area contributed by atoms with Gasteiger partial charge in [-0.1, -0.05) is 84.4 Å². The van der Waals surface area contributed by atoms with Crippen molar-refractivity contribution in [3.05, 3.63) is 95.0 Å². The van der Waals surface area contributed by atoms with Crippen LogP contribution in [-0.4, -0.2) is 42.3 Å². The van der Waals surface area contributed by atoms with E-state index in [1.165, 1.54) is 11.1 Å². The maximum absolute atomic E-state index is 11.1. The summed E-state index contributed by atoms with van der Waals surface area (Å²) < 4.78 is 0. The molecule has 0 saturated carbocycles. The van der Waals surface area contributed by atoms with E-state index in [2.05, 4.69) is 58.3 Å². The van der Waals surface area contributed by atoms with Gasteiger partial charge in [0.25, 0.3) is 0 Å². The molecule has 1 aliphatic heterocycles. The van der Waals surface area contributed by atoms with Crippen molar-refractivity contribution in [3.8, 4) is 11.1 Å². The summed E-state index contributed by atoms with van der Waals surface area (Å²) >= 11 is 6.33. The first-order chi connectivity index (χ1) is 14.2. The van der Waals surface area contributed by atoms with Gasteiger partial charge in [0.2, 0.25) is 0 Å². The Balaban J connectivity index is 1.47. The number of piperazine rings is 1. The van der Waals surface area contributed by atoms with E-state index < -0.39 is 0 Å². The molecule has 4 heteroatoms. The Morgan fingerprint density at radius 3 is 2.34 bits per heavy atom. The average molecular weight is 405 g/mol. The van der Waals surface area contributed by atoms with E-state index in [1.54, 1.807) is 0 Å². The fourth-order valence-electron chi connectivity index (χ4n) is 4.07. The molecule has 1 fully saturated rings. The zero-order valence-electron chi connectivity index (χ0n) is 16.4. The summed E-state index contributed by atoms with van der Waals surface area (Å²) in [6.07, 6.45) is 1.01. The molecule has 0 aromatic heterocycles. The van der Waals surface area contributed by atoms with Gasteiger partial charge in [-0.3, -0.25) is 9.80 Å². The standard InChI is InChI=1S/C25H25ClN2O/c26-24-9-5-4-8-23(24)21-12-10-20(11-13-21)18-27-14-15-28(16-17-29)25(19-27)22-6-2-1-3-7-22/h1-13,17,25H,14-16,18-19H2. The van der Waals surface area contributed by atoms with Crippen molar-refractivity contribution in [2.24, 2.45) is 0 Å². The van der Waals surface area contributed by atoms with Crippen LogP contribution >= 0.6 is 11.6 Å². The van der Waals surface area contributed by atoms with Crippen LogP contribution in [0.15, 0.2) is 78.9 Å². The molecule has 148 valence electrons. The Hall–Kier alpha value is -2.46. The number of rotatable bonds is 6.